The first kappa shape index (κ1) is 43.0. The maximum atomic E-state index is 12.9. The van der Waals surface area contributed by atoms with E-state index in [1.165, 1.54) is 0 Å². The fourth-order valence-corrected chi connectivity index (χ4v) is 5.27. The van der Waals surface area contributed by atoms with Crippen LogP contribution in [0.2, 0.25) is 0 Å². The van der Waals surface area contributed by atoms with E-state index in [-0.39, 0.29) is 0 Å². The van der Waals surface area contributed by atoms with Gasteiger partial charge in [0.2, 0.25) is 0 Å². The van der Waals surface area contributed by atoms with Crippen molar-refractivity contribution in [2.24, 2.45) is 0 Å². The topological polar surface area (TPSA) is 40.2 Å². The monoisotopic (exact) mass is 759 g/mol. The predicted molar refractivity (Wildman–Crippen MR) is 89.5 cm³/mol. The minimum absolute atomic E-state index is 0.835. The van der Waals surface area contributed by atoms with E-state index in [1.54, 1.807) is 0 Å². The normalized spacial score (nSPS) is 15.8. The van der Waals surface area contributed by atoms with E-state index in [4.69, 9.17) is 0 Å². The van der Waals surface area contributed by atoms with E-state index in [0.717, 1.165) is 0 Å². The average Bonchev–Trinajstić information content (AvgIpc) is 2.65. The molecule has 266 valence electrons. The Kier molecular flexibility index (Phi) is 13.3. The summed E-state index contributed by atoms with van der Waals surface area (Å²) in [7, 11) is -12.7. The van der Waals surface area contributed by atoms with Crippen LogP contribution in [0.15, 0.2) is 0 Å². The van der Waals surface area contributed by atoms with E-state index in [1.807, 2.05) is 0 Å². The molecule has 44 heavy (non-hydrogen) atoms. The molecule has 0 amide bonds. The predicted octanol–water partition coefficient (Wildman–Crippen LogP) is 9.41. The summed E-state index contributed by atoms with van der Waals surface area (Å²) in [6, 6.07) is 0. The second-order valence-electron chi connectivity index (χ2n) is 7.24. The first-order chi connectivity index (χ1) is 18.8. The van der Waals surface area contributed by atoms with Crippen LogP contribution in [0.3, 0.4) is 0 Å². The van der Waals surface area contributed by atoms with Crippen LogP contribution in [0.4, 0.5) is 105 Å². The van der Waals surface area contributed by atoms with Gasteiger partial charge in [-0.15, -0.1) is 0 Å². The highest BCUT2D eigenvalue weighted by Crippen LogP contribution is 2.65. The smallest absolute Gasteiger partial charge is 0.299 e. The fraction of sp³-hybridized carbons (Fsp3) is 1.00. The van der Waals surface area contributed by atoms with Crippen LogP contribution in [0, 0.1) is 0 Å². The zero-order valence-electron chi connectivity index (χ0n) is 19.4. The zero-order chi connectivity index (χ0) is 35.9. The summed E-state index contributed by atoms with van der Waals surface area (Å²) in [5, 5.41) is 0. The van der Waals surface area contributed by atoms with Crippen LogP contribution >= 0.6 is 17.1 Å². The van der Waals surface area contributed by atoms with Crippen molar-refractivity contribution in [3.8, 4) is 0 Å². The Hall–Kier alpha value is -1.02. The van der Waals surface area contributed by atoms with E-state index >= 15 is 0 Å². The van der Waals surface area contributed by atoms with Crippen LogP contribution in [-0.4, -0.2) is 85.3 Å². The molecule has 0 aromatic rings. The van der Waals surface area contributed by atoms with Crippen LogP contribution in [0.25, 0.3) is 0 Å². The maximum Gasteiger partial charge on any atom is 0.424 e. The summed E-state index contributed by atoms with van der Waals surface area (Å²) in [6.45, 7) is 0. The van der Waals surface area contributed by atoms with Crippen molar-refractivity contribution >= 4 is 17.1 Å². The fourth-order valence-electron chi connectivity index (χ4n) is 1.96. The van der Waals surface area contributed by atoms with Gasteiger partial charge >= 0.3 is 49.4 Å². The molecule has 0 aromatic heterocycles. The molecule has 0 aliphatic carbocycles. The lowest BCUT2D eigenvalue weighted by Crippen LogP contribution is -2.48. The van der Waals surface area contributed by atoms with Crippen LogP contribution < -0.4 is 0 Å². The molecule has 5 nitrogen and oxygen atoms in total. The summed E-state index contributed by atoms with van der Waals surface area (Å²) >= 11 is 0. The van der Waals surface area contributed by atoms with Crippen molar-refractivity contribution in [1.82, 2.24) is 4.44 Å². The summed E-state index contributed by atoms with van der Waals surface area (Å²) in [5.41, 5.74) is 0. The number of nitrogens with zero attached hydrogens (tertiary/aromatic N) is 1. The number of halogens is 24. The van der Waals surface area contributed by atoms with Crippen LogP contribution in [-0.2, 0) is 18.1 Å². The van der Waals surface area contributed by atoms with Crippen molar-refractivity contribution < 1.29 is 123 Å². The lowest BCUT2D eigenvalue weighted by atomic mass is 10.3. The number of rotatable bonds is 10. The van der Waals surface area contributed by atoms with Crippen LogP contribution in [0.1, 0.15) is 0 Å². The van der Waals surface area contributed by atoms with Gasteiger partial charge < -0.3 is 0 Å². The van der Waals surface area contributed by atoms with E-state index < -0.39 is 102 Å². The summed E-state index contributed by atoms with van der Waals surface area (Å²) < 4.78 is 319. The van der Waals surface area contributed by atoms with Gasteiger partial charge in [-0.2, -0.15) is 110 Å². The molecular formula is C13H7F24NO4P2. The molecule has 0 unspecified atom stereocenters. The zero-order valence-corrected chi connectivity index (χ0v) is 21.1. The van der Waals surface area contributed by atoms with Gasteiger partial charge in [-0.25, -0.2) is 0 Å². The van der Waals surface area contributed by atoms with E-state index in [0.29, 0.717) is 0 Å². The standard InChI is InChI=1S/C13H7F24NO4P2/c1-38(43(39-2(6(14,15)16)7(17,18)19)40-3(8(20,21)22)9(23,24)25)44(41-4(10(26,27)28)11(29,30)31)42-5(12(32,33)34)13(35,36)37/h2-5H,1H3. The van der Waals surface area contributed by atoms with E-state index in [9.17, 15) is 105 Å². The summed E-state index contributed by atoms with van der Waals surface area (Å²) in [4.78, 5) is 0. The minimum atomic E-state index is -7.01. The Labute approximate surface area is 227 Å². The quantitative estimate of drug-likeness (QED) is 0.164. The van der Waals surface area contributed by atoms with Crippen molar-refractivity contribution in [3.63, 3.8) is 0 Å². The highest BCUT2D eigenvalue weighted by molar-refractivity contribution is 7.60. The lowest BCUT2D eigenvalue weighted by molar-refractivity contribution is -0.313. The summed E-state index contributed by atoms with van der Waals surface area (Å²) in [6.07, 6.45) is -78.9. The van der Waals surface area contributed by atoms with Gasteiger partial charge in [0.05, 0.1) is 0 Å². The largest absolute Gasteiger partial charge is 0.424 e. The Morgan fingerprint density at radius 1 is 0.318 bits per heavy atom. The Morgan fingerprint density at radius 3 is 0.523 bits per heavy atom. The molecule has 0 N–H and O–H groups in total. The molecule has 0 aromatic carbocycles. The van der Waals surface area contributed by atoms with Gasteiger partial charge in [0.15, 0.2) is 0 Å². The molecule has 0 radical (unpaired) electrons. The van der Waals surface area contributed by atoms with Gasteiger partial charge in [-0.3, -0.25) is 18.1 Å². The highest BCUT2D eigenvalue weighted by atomic mass is 31.2. The van der Waals surface area contributed by atoms with Gasteiger partial charge in [-0.05, 0) is 0 Å². The molecule has 0 saturated carbocycles. The highest BCUT2D eigenvalue weighted by Gasteiger charge is 2.66. The lowest BCUT2D eigenvalue weighted by Gasteiger charge is -2.38. The van der Waals surface area contributed by atoms with Crippen molar-refractivity contribution in [2.45, 2.75) is 73.8 Å². The van der Waals surface area contributed by atoms with Gasteiger partial charge in [0.1, 0.15) is 0 Å². The van der Waals surface area contributed by atoms with Gasteiger partial charge in [0.25, 0.3) is 41.5 Å². The Balaban J connectivity index is 7.48. The van der Waals surface area contributed by atoms with Crippen molar-refractivity contribution in [2.75, 3.05) is 7.05 Å². The molecule has 0 bridgehead atoms. The molecule has 0 fully saturated rings. The van der Waals surface area contributed by atoms with Crippen LogP contribution in [0.5, 0.6) is 0 Å². The third-order valence-electron chi connectivity index (χ3n) is 3.63. The number of alkyl halides is 24. The SMILES string of the molecule is CN(P(OC(C(F)(F)F)C(F)(F)F)OC(C(F)(F)F)C(F)(F)F)P(OC(C(F)(F)F)C(F)(F)F)OC(C(F)(F)F)C(F)(F)F. The molecule has 31 heteroatoms. The molecule has 0 saturated heterocycles. The summed E-state index contributed by atoms with van der Waals surface area (Å²) in [5.74, 6) is 0. The molecule has 0 spiro atoms. The van der Waals surface area contributed by atoms with E-state index in [2.05, 4.69) is 18.1 Å². The molecule has 0 atom stereocenters. The third kappa shape index (κ3) is 13.0. The second-order valence-corrected chi connectivity index (χ2v) is 10.5. The van der Waals surface area contributed by atoms with Crippen molar-refractivity contribution in [1.29, 1.82) is 0 Å². The molecular weight excluding hydrogens is 752 g/mol. The van der Waals surface area contributed by atoms with Crippen molar-refractivity contribution in [3.05, 3.63) is 0 Å². The van der Waals surface area contributed by atoms with Gasteiger partial charge in [0, 0.05) is 7.05 Å². The molecule has 0 heterocycles. The third-order valence-corrected chi connectivity index (χ3v) is 7.02. The maximum absolute atomic E-state index is 12.9. The first-order valence-electron chi connectivity index (χ1n) is 9.37. The van der Waals surface area contributed by atoms with Gasteiger partial charge in [-0.1, -0.05) is 0 Å². The first-order valence-corrected chi connectivity index (χ1v) is 11.6. The molecule has 0 aliphatic heterocycles. The average molecular weight is 759 g/mol. The second kappa shape index (κ2) is 13.6. The molecule has 0 rings (SSSR count). The molecule has 0 aliphatic rings. The Morgan fingerprint density at radius 2 is 0.432 bits per heavy atom. The minimum Gasteiger partial charge on any atom is -0.299 e. The number of hydrogen-bond donors (Lipinski definition) is 0. The number of hydrogen-bond acceptors (Lipinski definition) is 5. The Bertz CT molecular complexity index is 704.